The average Bonchev–Trinajstić information content (AvgIpc) is 3.19. The Kier molecular flexibility index (Phi) is 2.07. The van der Waals surface area contributed by atoms with Crippen LogP contribution in [0.2, 0.25) is 0 Å². The van der Waals surface area contributed by atoms with Crippen molar-refractivity contribution in [1.82, 2.24) is 14.9 Å². The Morgan fingerprint density at radius 2 is 1.61 bits per heavy atom. The van der Waals surface area contributed by atoms with Crippen molar-refractivity contribution in [3.63, 3.8) is 0 Å². The van der Waals surface area contributed by atoms with Crippen molar-refractivity contribution >= 4 is 11.0 Å². The van der Waals surface area contributed by atoms with Crippen molar-refractivity contribution in [3.05, 3.63) is 29.3 Å². The van der Waals surface area contributed by atoms with E-state index >= 15 is 0 Å². The zero-order valence-electron chi connectivity index (χ0n) is 12.7. The number of benzene rings is 1. The van der Waals surface area contributed by atoms with Gasteiger partial charge < -0.3 is 14.9 Å². The van der Waals surface area contributed by atoms with Crippen LogP contribution in [0.4, 0.5) is 0 Å². The molecule has 2 aliphatic heterocycles. The van der Waals surface area contributed by atoms with E-state index in [9.17, 15) is 10.2 Å². The van der Waals surface area contributed by atoms with Crippen molar-refractivity contribution in [2.75, 3.05) is 0 Å². The highest BCUT2D eigenvalue weighted by atomic mass is 16.6. The molecule has 2 aliphatic rings. The maximum absolute atomic E-state index is 10.8. The second kappa shape index (κ2) is 3.68. The van der Waals surface area contributed by atoms with Crippen molar-refractivity contribution in [3.8, 4) is 17.4 Å². The fourth-order valence-corrected chi connectivity index (χ4v) is 4.13. The molecule has 0 aliphatic carbocycles. The molecule has 0 saturated carbocycles. The number of hydrogen-bond donors (Lipinski definition) is 2. The third kappa shape index (κ3) is 1.38. The molecule has 0 amide bonds. The standard InChI is InChI=1S/C16H15N3O4/c1-15-5-6-16(2,22-15)12-11(15)13(20)19(14(12)21)8-3-4-9-10(7-8)18-23-17-9/h3-4,7,20-21H,5-6H2,1-2H3/t15-,16+. The lowest BCUT2D eigenvalue weighted by atomic mass is 9.80. The molecular weight excluding hydrogens is 298 g/mol. The van der Waals surface area contributed by atoms with E-state index in [1.807, 2.05) is 13.8 Å². The summed E-state index contributed by atoms with van der Waals surface area (Å²) in [6.45, 7) is 3.91. The highest BCUT2D eigenvalue weighted by Gasteiger charge is 2.59. The van der Waals surface area contributed by atoms with E-state index in [0.29, 0.717) is 27.8 Å². The van der Waals surface area contributed by atoms with Crippen LogP contribution >= 0.6 is 0 Å². The molecule has 2 N–H and O–H groups in total. The summed E-state index contributed by atoms with van der Waals surface area (Å²) in [5.41, 5.74) is 2.03. The van der Waals surface area contributed by atoms with Gasteiger partial charge in [0.2, 0.25) is 11.8 Å². The van der Waals surface area contributed by atoms with Crippen LogP contribution in [0.3, 0.4) is 0 Å². The number of aromatic hydroxyl groups is 2. The summed E-state index contributed by atoms with van der Waals surface area (Å²) in [5, 5.41) is 29.1. The van der Waals surface area contributed by atoms with Gasteiger partial charge in [0.05, 0.1) is 28.0 Å². The van der Waals surface area contributed by atoms with Crippen LogP contribution in [-0.4, -0.2) is 25.1 Å². The van der Waals surface area contributed by atoms with E-state index < -0.39 is 11.2 Å². The second-order valence-electron chi connectivity index (χ2n) is 6.73. The molecule has 23 heavy (non-hydrogen) atoms. The van der Waals surface area contributed by atoms with E-state index in [-0.39, 0.29) is 11.8 Å². The topological polar surface area (TPSA) is 93.5 Å². The fourth-order valence-electron chi connectivity index (χ4n) is 4.13. The number of ether oxygens (including phenoxy) is 1. The minimum Gasteiger partial charge on any atom is -0.494 e. The van der Waals surface area contributed by atoms with Crippen LogP contribution in [-0.2, 0) is 15.9 Å². The van der Waals surface area contributed by atoms with Crippen molar-refractivity contribution in [2.24, 2.45) is 0 Å². The molecule has 0 unspecified atom stereocenters. The van der Waals surface area contributed by atoms with Gasteiger partial charge in [0.15, 0.2) is 0 Å². The Balaban J connectivity index is 1.80. The molecule has 2 atom stereocenters. The zero-order valence-corrected chi connectivity index (χ0v) is 12.7. The molecule has 2 bridgehead atoms. The highest BCUT2D eigenvalue weighted by Crippen LogP contribution is 2.64. The molecule has 0 spiro atoms. The summed E-state index contributed by atoms with van der Waals surface area (Å²) in [6, 6.07) is 5.21. The lowest BCUT2D eigenvalue weighted by Gasteiger charge is -2.20. The number of fused-ring (bicyclic) bond motifs is 6. The SMILES string of the molecule is C[C@]12CC[C@](C)(O1)c1c2c(O)n(-c2ccc3nonc3c2)c1O. The smallest absolute Gasteiger partial charge is 0.205 e. The molecular formula is C16H15N3O4. The Morgan fingerprint density at radius 1 is 1.00 bits per heavy atom. The zero-order chi connectivity index (χ0) is 16.0. The summed E-state index contributed by atoms with van der Waals surface area (Å²) in [7, 11) is 0. The second-order valence-corrected chi connectivity index (χ2v) is 6.73. The van der Waals surface area contributed by atoms with Gasteiger partial charge in [-0.15, -0.1) is 0 Å². The Hall–Kier alpha value is -2.54. The molecule has 1 aromatic carbocycles. The van der Waals surface area contributed by atoms with E-state index in [1.54, 1.807) is 18.2 Å². The molecule has 5 rings (SSSR count). The van der Waals surface area contributed by atoms with E-state index in [1.165, 1.54) is 4.57 Å². The molecule has 118 valence electrons. The third-order valence-electron chi connectivity index (χ3n) is 5.20. The summed E-state index contributed by atoms with van der Waals surface area (Å²) in [5.74, 6) is 0.0264. The Morgan fingerprint density at radius 3 is 2.26 bits per heavy atom. The summed E-state index contributed by atoms with van der Waals surface area (Å²) in [6.07, 6.45) is 1.64. The van der Waals surface area contributed by atoms with E-state index in [2.05, 4.69) is 10.3 Å². The van der Waals surface area contributed by atoms with Crippen LogP contribution in [0.25, 0.3) is 16.7 Å². The number of hydrogen-bond acceptors (Lipinski definition) is 6. The number of rotatable bonds is 1. The molecule has 2 aromatic heterocycles. The largest absolute Gasteiger partial charge is 0.494 e. The van der Waals surface area contributed by atoms with Crippen LogP contribution in [0.5, 0.6) is 11.8 Å². The maximum atomic E-state index is 10.8. The first kappa shape index (κ1) is 13.0. The number of nitrogens with zero attached hydrogens (tertiary/aromatic N) is 3. The molecule has 1 fully saturated rings. The van der Waals surface area contributed by atoms with Crippen molar-refractivity contribution < 1.29 is 19.6 Å². The monoisotopic (exact) mass is 313 g/mol. The summed E-state index contributed by atoms with van der Waals surface area (Å²) in [4.78, 5) is 0. The lowest BCUT2D eigenvalue weighted by Crippen LogP contribution is -2.17. The van der Waals surface area contributed by atoms with Gasteiger partial charge in [0.1, 0.15) is 11.0 Å². The van der Waals surface area contributed by atoms with Gasteiger partial charge in [-0.25, -0.2) is 4.63 Å². The van der Waals surface area contributed by atoms with Crippen molar-refractivity contribution in [2.45, 2.75) is 37.9 Å². The van der Waals surface area contributed by atoms with E-state index in [0.717, 1.165) is 12.8 Å². The quantitative estimate of drug-likeness (QED) is 0.717. The minimum absolute atomic E-state index is 0.0132. The van der Waals surface area contributed by atoms with Gasteiger partial charge in [-0.05, 0) is 55.2 Å². The fraction of sp³-hybridized carbons (Fsp3) is 0.375. The highest BCUT2D eigenvalue weighted by molar-refractivity contribution is 5.76. The van der Waals surface area contributed by atoms with Gasteiger partial charge in [-0.2, -0.15) is 0 Å². The Bertz CT molecular complexity index is 936. The predicted molar refractivity (Wildman–Crippen MR) is 79.5 cm³/mol. The lowest BCUT2D eigenvalue weighted by molar-refractivity contribution is -0.0683. The van der Waals surface area contributed by atoms with Crippen LogP contribution in [0, 0.1) is 0 Å². The minimum atomic E-state index is -0.559. The van der Waals surface area contributed by atoms with Gasteiger partial charge in [0.25, 0.3) is 0 Å². The first-order valence-electron chi connectivity index (χ1n) is 7.53. The molecule has 4 heterocycles. The first-order chi connectivity index (χ1) is 10.9. The average molecular weight is 313 g/mol. The van der Waals surface area contributed by atoms with Gasteiger partial charge in [-0.1, -0.05) is 0 Å². The summed E-state index contributed by atoms with van der Waals surface area (Å²) < 4.78 is 12.2. The molecule has 0 radical (unpaired) electrons. The third-order valence-corrected chi connectivity index (χ3v) is 5.20. The van der Waals surface area contributed by atoms with Crippen LogP contribution in [0.1, 0.15) is 37.8 Å². The predicted octanol–water partition coefficient (Wildman–Crippen LogP) is 2.68. The molecule has 1 saturated heterocycles. The maximum Gasteiger partial charge on any atom is 0.205 e. The molecule has 7 heteroatoms. The van der Waals surface area contributed by atoms with Crippen LogP contribution < -0.4 is 0 Å². The summed E-state index contributed by atoms with van der Waals surface area (Å²) >= 11 is 0. The Labute approximate surface area is 131 Å². The van der Waals surface area contributed by atoms with Gasteiger partial charge >= 0.3 is 0 Å². The van der Waals surface area contributed by atoms with E-state index in [4.69, 9.17) is 9.37 Å². The van der Waals surface area contributed by atoms with Gasteiger partial charge in [-0.3, -0.25) is 4.57 Å². The normalized spacial score (nSPS) is 28.6. The first-order valence-corrected chi connectivity index (χ1v) is 7.53. The number of aromatic nitrogens is 3. The molecule has 3 aromatic rings. The van der Waals surface area contributed by atoms with Gasteiger partial charge in [0, 0.05) is 0 Å². The van der Waals surface area contributed by atoms with Crippen LogP contribution in [0.15, 0.2) is 22.8 Å². The molecule has 7 nitrogen and oxygen atoms in total. The van der Waals surface area contributed by atoms with Crippen molar-refractivity contribution in [1.29, 1.82) is 0 Å².